The molecule has 162 valence electrons. The van der Waals surface area contributed by atoms with Crippen molar-refractivity contribution in [3.05, 3.63) is 85.1 Å². The molecule has 33 heavy (non-hydrogen) atoms. The minimum absolute atomic E-state index is 0.637. The van der Waals surface area contributed by atoms with Gasteiger partial charge in [-0.2, -0.15) is 5.10 Å². The Bertz CT molecular complexity index is 1440. The molecule has 2 aromatic carbocycles. The maximum atomic E-state index is 5.74. The van der Waals surface area contributed by atoms with Gasteiger partial charge in [0.25, 0.3) is 0 Å². The molecule has 5 aromatic rings. The second-order valence-corrected chi connectivity index (χ2v) is 7.45. The number of aromatic amines is 2. The molecule has 0 atom stereocenters. The molecule has 0 fully saturated rings. The number of allylic oxidation sites excluding steroid dienone is 1. The van der Waals surface area contributed by atoms with E-state index in [1.165, 1.54) is 0 Å². The summed E-state index contributed by atoms with van der Waals surface area (Å²) in [6.45, 7) is 0. The topological polar surface area (TPSA) is 121 Å². The number of nitrogens with zero attached hydrogens (tertiary/aromatic N) is 4. The zero-order valence-electron chi connectivity index (χ0n) is 17.9. The number of aromatic nitrogens is 5. The predicted molar refractivity (Wildman–Crippen MR) is 133 cm³/mol. The molecule has 0 saturated heterocycles. The Morgan fingerprint density at radius 2 is 1.88 bits per heavy atom. The van der Waals surface area contributed by atoms with Crippen LogP contribution < -0.4 is 11.1 Å². The third-order valence-corrected chi connectivity index (χ3v) is 5.28. The molecule has 5 N–H and O–H groups in total. The van der Waals surface area contributed by atoms with Crippen molar-refractivity contribution in [2.24, 2.45) is 10.7 Å². The molecule has 0 radical (unpaired) electrons. The average Bonchev–Trinajstić information content (AvgIpc) is 3.53. The minimum Gasteiger partial charge on any atom is -0.404 e. The van der Waals surface area contributed by atoms with Crippen LogP contribution in [0, 0.1) is 0 Å². The maximum Gasteiger partial charge on any atom is 0.161 e. The third-order valence-electron chi connectivity index (χ3n) is 5.28. The molecule has 8 nitrogen and oxygen atoms in total. The third kappa shape index (κ3) is 4.22. The molecular weight excluding hydrogens is 412 g/mol. The minimum atomic E-state index is 0.637. The first kappa shape index (κ1) is 20.2. The summed E-state index contributed by atoms with van der Waals surface area (Å²) in [6, 6.07) is 18.1. The second kappa shape index (κ2) is 8.80. The van der Waals surface area contributed by atoms with Crippen molar-refractivity contribution in [1.29, 1.82) is 0 Å². The summed E-state index contributed by atoms with van der Waals surface area (Å²) in [5, 5.41) is 11.2. The van der Waals surface area contributed by atoms with Crippen molar-refractivity contribution in [2.45, 2.75) is 0 Å². The smallest absolute Gasteiger partial charge is 0.161 e. The highest BCUT2D eigenvalue weighted by molar-refractivity contribution is 6.10. The Balaban J connectivity index is 1.39. The molecule has 0 aliphatic rings. The van der Waals surface area contributed by atoms with Gasteiger partial charge < -0.3 is 16.0 Å². The number of nitrogens with one attached hydrogen (secondary N) is 3. The zero-order chi connectivity index (χ0) is 22.6. The first-order valence-electron chi connectivity index (χ1n) is 10.4. The number of hydrogen-bond acceptors (Lipinski definition) is 6. The summed E-state index contributed by atoms with van der Waals surface area (Å²) in [4.78, 5) is 16.6. The summed E-state index contributed by atoms with van der Waals surface area (Å²) in [6.07, 6.45) is 8.69. The van der Waals surface area contributed by atoms with Gasteiger partial charge in [0.05, 0.1) is 6.20 Å². The van der Waals surface area contributed by atoms with E-state index in [1.54, 1.807) is 31.9 Å². The SMILES string of the molecule is CN=CC(=CN)c1cc2ccc(-c3nccc(Nc4ccc(-c5cn[nH]c5)cc4)n3)cc2[nH]1. The molecule has 8 heteroatoms. The van der Waals surface area contributed by atoms with Gasteiger partial charge in [-0.15, -0.1) is 0 Å². The molecule has 3 heterocycles. The first-order chi connectivity index (χ1) is 16.2. The largest absolute Gasteiger partial charge is 0.404 e. The lowest BCUT2D eigenvalue weighted by molar-refractivity contribution is 1.09. The van der Waals surface area contributed by atoms with Gasteiger partial charge in [0.15, 0.2) is 5.82 Å². The van der Waals surface area contributed by atoms with Crippen LogP contribution in [0.2, 0.25) is 0 Å². The summed E-state index contributed by atoms with van der Waals surface area (Å²) < 4.78 is 0. The molecule has 0 amide bonds. The molecule has 0 unspecified atom stereocenters. The van der Waals surface area contributed by atoms with Gasteiger partial charge in [-0.25, -0.2) is 9.97 Å². The van der Waals surface area contributed by atoms with E-state index in [2.05, 4.69) is 30.5 Å². The Kier molecular flexibility index (Phi) is 5.38. The van der Waals surface area contributed by atoms with Crippen LogP contribution in [0.15, 0.2) is 84.4 Å². The number of H-pyrrole nitrogens is 2. The first-order valence-corrected chi connectivity index (χ1v) is 10.4. The highest BCUT2D eigenvalue weighted by Crippen LogP contribution is 2.26. The molecule has 0 spiro atoms. The van der Waals surface area contributed by atoms with Gasteiger partial charge in [-0.05, 0) is 35.9 Å². The lowest BCUT2D eigenvalue weighted by Crippen LogP contribution is -1.96. The van der Waals surface area contributed by atoms with Crippen LogP contribution in [0.25, 0.3) is 39.0 Å². The lowest BCUT2D eigenvalue weighted by atomic mass is 10.1. The van der Waals surface area contributed by atoms with Gasteiger partial charge >= 0.3 is 0 Å². The zero-order valence-corrected chi connectivity index (χ0v) is 17.9. The summed E-state index contributed by atoms with van der Waals surface area (Å²) in [5.41, 5.74) is 12.4. The van der Waals surface area contributed by atoms with E-state index in [-0.39, 0.29) is 0 Å². The van der Waals surface area contributed by atoms with Crippen LogP contribution in [-0.4, -0.2) is 38.4 Å². The normalized spacial score (nSPS) is 12.0. The van der Waals surface area contributed by atoms with Crippen molar-refractivity contribution in [2.75, 3.05) is 12.4 Å². The van der Waals surface area contributed by atoms with Crippen LogP contribution in [0.4, 0.5) is 11.5 Å². The fourth-order valence-electron chi connectivity index (χ4n) is 3.63. The van der Waals surface area contributed by atoms with Gasteiger partial charge in [0.1, 0.15) is 5.82 Å². The highest BCUT2D eigenvalue weighted by atomic mass is 15.1. The molecule has 0 saturated carbocycles. The van der Waals surface area contributed by atoms with Crippen LogP contribution in [0.5, 0.6) is 0 Å². The van der Waals surface area contributed by atoms with Crippen LogP contribution >= 0.6 is 0 Å². The number of hydrogen-bond donors (Lipinski definition) is 4. The van der Waals surface area contributed by atoms with Gasteiger partial charge in [-0.3, -0.25) is 10.1 Å². The summed E-state index contributed by atoms with van der Waals surface area (Å²) in [5.74, 6) is 1.36. The van der Waals surface area contributed by atoms with E-state index in [0.717, 1.165) is 50.4 Å². The maximum absolute atomic E-state index is 5.74. The van der Waals surface area contributed by atoms with E-state index in [4.69, 9.17) is 10.7 Å². The van der Waals surface area contributed by atoms with E-state index in [1.807, 2.05) is 60.8 Å². The number of rotatable bonds is 6. The second-order valence-electron chi connectivity index (χ2n) is 7.45. The van der Waals surface area contributed by atoms with Crippen molar-refractivity contribution in [1.82, 2.24) is 25.1 Å². The molecule has 3 aromatic heterocycles. The number of benzene rings is 2. The summed E-state index contributed by atoms with van der Waals surface area (Å²) in [7, 11) is 1.72. The monoisotopic (exact) mass is 434 g/mol. The van der Waals surface area contributed by atoms with Gasteiger partial charge in [0.2, 0.25) is 0 Å². The fourth-order valence-corrected chi connectivity index (χ4v) is 3.63. The molecule has 0 bridgehead atoms. The number of fused-ring (bicyclic) bond motifs is 1. The van der Waals surface area contributed by atoms with E-state index in [9.17, 15) is 0 Å². The molecule has 5 rings (SSSR count). The number of aliphatic imine (C=N–C) groups is 1. The van der Waals surface area contributed by atoms with Crippen molar-refractivity contribution in [3.63, 3.8) is 0 Å². The molecule has 0 aliphatic heterocycles. The standard InChI is InChI=1S/C25H22N8/c1-27-13-19(12-26)23-10-17-2-3-18(11-22(17)32-23)25-28-9-8-24(33-25)31-21-6-4-16(5-7-21)20-14-29-30-15-20/h2-15,32H,26H2,1H3,(H,29,30)(H,28,31,33). The van der Waals surface area contributed by atoms with Crippen LogP contribution in [0.1, 0.15) is 5.69 Å². The van der Waals surface area contributed by atoms with E-state index in [0.29, 0.717) is 5.82 Å². The number of anilines is 2. The van der Waals surface area contributed by atoms with E-state index >= 15 is 0 Å². The highest BCUT2D eigenvalue weighted by Gasteiger charge is 2.09. The van der Waals surface area contributed by atoms with Crippen LogP contribution in [0.3, 0.4) is 0 Å². The van der Waals surface area contributed by atoms with E-state index < -0.39 is 0 Å². The Hall–Kier alpha value is -4.72. The predicted octanol–water partition coefficient (Wildman–Crippen LogP) is 4.76. The van der Waals surface area contributed by atoms with Crippen molar-refractivity contribution >= 4 is 34.2 Å². The van der Waals surface area contributed by atoms with Crippen LogP contribution in [-0.2, 0) is 0 Å². The number of nitrogens with two attached hydrogens (primary N) is 1. The van der Waals surface area contributed by atoms with Gasteiger partial charge in [-0.1, -0.05) is 24.3 Å². The lowest BCUT2D eigenvalue weighted by Gasteiger charge is -2.08. The quantitative estimate of drug-likeness (QED) is 0.287. The Labute approximate surface area is 190 Å². The Morgan fingerprint density at radius 3 is 2.64 bits per heavy atom. The van der Waals surface area contributed by atoms with Gasteiger partial charge in [0, 0.05) is 70.8 Å². The van der Waals surface area contributed by atoms with Crippen molar-refractivity contribution < 1.29 is 0 Å². The molecular formula is C25H22N8. The molecule has 0 aliphatic carbocycles. The Morgan fingerprint density at radius 1 is 1.03 bits per heavy atom. The average molecular weight is 435 g/mol. The van der Waals surface area contributed by atoms with Crippen molar-refractivity contribution in [3.8, 4) is 22.5 Å². The fraction of sp³-hybridized carbons (Fsp3) is 0.0400. The summed E-state index contributed by atoms with van der Waals surface area (Å²) >= 11 is 0.